The SMILES string of the molecule is CCCCC[C@H]1CC[C@H](C(=O)Oc2cc(F)c(F)c(F)c2)CC1. The Bertz CT molecular complexity index is 514. The molecule has 0 amide bonds. The van der Waals surface area contributed by atoms with Gasteiger partial charge in [0.15, 0.2) is 17.5 Å². The first-order valence-corrected chi connectivity index (χ1v) is 8.37. The highest BCUT2D eigenvalue weighted by Crippen LogP contribution is 2.33. The van der Waals surface area contributed by atoms with Gasteiger partial charge in [0.2, 0.25) is 0 Å². The van der Waals surface area contributed by atoms with E-state index in [1.54, 1.807) is 0 Å². The Morgan fingerprint density at radius 1 is 1.09 bits per heavy atom. The summed E-state index contributed by atoms with van der Waals surface area (Å²) in [4.78, 5) is 12.1. The number of rotatable bonds is 6. The van der Waals surface area contributed by atoms with Gasteiger partial charge in [-0.15, -0.1) is 0 Å². The zero-order valence-electron chi connectivity index (χ0n) is 13.4. The van der Waals surface area contributed by atoms with Gasteiger partial charge in [-0.1, -0.05) is 32.6 Å². The van der Waals surface area contributed by atoms with Gasteiger partial charge in [-0.2, -0.15) is 0 Å². The van der Waals surface area contributed by atoms with Crippen LogP contribution < -0.4 is 4.74 Å². The molecule has 23 heavy (non-hydrogen) atoms. The van der Waals surface area contributed by atoms with Gasteiger partial charge in [0.1, 0.15) is 5.75 Å². The van der Waals surface area contributed by atoms with E-state index in [0.29, 0.717) is 18.1 Å². The van der Waals surface area contributed by atoms with Crippen LogP contribution in [0.2, 0.25) is 0 Å². The largest absolute Gasteiger partial charge is 0.426 e. The summed E-state index contributed by atoms with van der Waals surface area (Å²) in [6.07, 6.45) is 8.30. The molecule has 1 aromatic carbocycles. The van der Waals surface area contributed by atoms with Crippen LogP contribution in [-0.4, -0.2) is 5.97 Å². The summed E-state index contributed by atoms with van der Waals surface area (Å²) >= 11 is 0. The minimum absolute atomic E-state index is 0.242. The molecule has 0 saturated heterocycles. The Labute approximate surface area is 135 Å². The number of ether oxygens (including phenoxy) is 1. The van der Waals surface area contributed by atoms with Crippen molar-refractivity contribution in [3.05, 3.63) is 29.6 Å². The third kappa shape index (κ3) is 4.98. The molecule has 0 unspecified atom stereocenters. The minimum Gasteiger partial charge on any atom is -0.426 e. The molecule has 0 spiro atoms. The molecule has 0 aliphatic heterocycles. The normalized spacial score (nSPS) is 21.2. The quantitative estimate of drug-likeness (QED) is 0.303. The first-order valence-electron chi connectivity index (χ1n) is 8.37. The monoisotopic (exact) mass is 328 g/mol. The highest BCUT2D eigenvalue weighted by Gasteiger charge is 2.28. The predicted octanol–water partition coefficient (Wildman–Crippen LogP) is 5.40. The van der Waals surface area contributed by atoms with Crippen LogP contribution in [-0.2, 0) is 4.79 Å². The molecule has 0 bridgehead atoms. The molecule has 5 heteroatoms. The number of halogens is 3. The van der Waals surface area contributed by atoms with Crippen molar-refractivity contribution in [3.63, 3.8) is 0 Å². The fourth-order valence-corrected chi connectivity index (χ4v) is 3.16. The average Bonchev–Trinajstić information content (AvgIpc) is 2.53. The smallest absolute Gasteiger partial charge is 0.314 e. The highest BCUT2D eigenvalue weighted by atomic mass is 19.2. The van der Waals surface area contributed by atoms with Gasteiger partial charge in [0.05, 0.1) is 5.92 Å². The van der Waals surface area contributed by atoms with E-state index in [1.807, 2.05) is 0 Å². The molecule has 0 N–H and O–H groups in total. The van der Waals surface area contributed by atoms with Crippen molar-refractivity contribution in [2.45, 2.75) is 58.3 Å². The molecule has 0 aromatic heterocycles. The molecular formula is C18H23F3O2. The Balaban J connectivity index is 1.83. The van der Waals surface area contributed by atoms with Crippen LogP contribution in [0.25, 0.3) is 0 Å². The molecule has 0 heterocycles. The van der Waals surface area contributed by atoms with Crippen LogP contribution >= 0.6 is 0 Å². The zero-order valence-corrected chi connectivity index (χ0v) is 13.4. The highest BCUT2D eigenvalue weighted by molar-refractivity contribution is 5.75. The van der Waals surface area contributed by atoms with Gasteiger partial charge in [-0.05, 0) is 31.6 Å². The summed E-state index contributed by atoms with van der Waals surface area (Å²) in [5.41, 5.74) is 0. The van der Waals surface area contributed by atoms with E-state index in [-0.39, 0.29) is 11.7 Å². The van der Waals surface area contributed by atoms with Crippen molar-refractivity contribution in [3.8, 4) is 5.75 Å². The first-order chi connectivity index (χ1) is 11.0. The molecule has 0 radical (unpaired) electrons. The van der Waals surface area contributed by atoms with Gasteiger partial charge >= 0.3 is 5.97 Å². The molecule has 1 aliphatic carbocycles. The third-order valence-corrected chi connectivity index (χ3v) is 4.57. The van der Waals surface area contributed by atoms with Crippen LogP contribution in [0.3, 0.4) is 0 Å². The van der Waals surface area contributed by atoms with E-state index in [4.69, 9.17) is 4.74 Å². The molecular weight excluding hydrogens is 305 g/mol. The summed E-state index contributed by atoms with van der Waals surface area (Å²) in [5, 5.41) is 0. The minimum atomic E-state index is -1.56. The standard InChI is InChI=1S/C18H23F3O2/c1-2-3-4-5-12-6-8-13(9-7-12)18(22)23-14-10-15(19)17(21)16(20)11-14/h10-13H,2-9H2,1H3/t12-,13-. The lowest BCUT2D eigenvalue weighted by Crippen LogP contribution is -2.25. The number of unbranched alkanes of at least 4 members (excludes halogenated alkanes) is 2. The van der Waals surface area contributed by atoms with Crippen molar-refractivity contribution in [2.75, 3.05) is 0 Å². The lowest BCUT2D eigenvalue weighted by atomic mass is 9.80. The van der Waals surface area contributed by atoms with Gasteiger partial charge < -0.3 is 4.74 Å². The Kier molecular flexibility index (Phi) is 6.48. The van der Waals surface area contributed by atoms with E-state index in [9.17, 15) is 18.0 Å². The van der Waals surface area contributed by atoms with E-state index in [2.05, 4.69) is 6.92 Å². The Morgan fingerprint density at radius 3 is 2.26 bits per heavy atom. The maximum Gasteiger partial charge on any atom is 0.314 e. The van der Waals surface area contributed by atoms with Crippen LogP contribution in [0, 0.1) is 29.3 Å². The van der Waals surface area contributed by atoms with Gasteiger partial charge in [0, 0.05) is 12.1 Å². The maximum atomic E-state index is 13.1. The number of hydrogen-bond acceptors (Lipinski definition) is 2. The summed E-state index contributed by atoms with van der Waals surface area (Å²) < 4.78 is 44.2. The third-order valence-electron chi connectivity index (χ3n) is 4.57. The Morgan fingerprint density at radius 2 is 1.70 bits per heavy atom. The van der Waals surface area contributed by atoms with Crippen molar-refractivity contribution in [1.82, 2.24) is 0 Å². The second kappa shape index (κ2) is 8.37. The van der Waals surface area contributed by atoms with E-state index in [0.717, 1.165) is 25.7 Å². The molecule has 0 atom stereocenters. The van der Waals surface area contributed by atoms with Gasteiger partial charge in [0.25, 0.3) is 0 Å². The topological polar surface area (TPSA) is 26.3 Å². The molecule has 2 rings (SSSR count). The fraction of sp³-hybridized carbons (Fsp3) is 0.611. The van der Waals surface area contributed by atoms with E-state index >= 15 is 0 Å². The molecule has 2 nitrogen and oxygen atoms in total. The van der Waals surface area contributed by atoms with Crippen molar-refractivity contribution >= 4 is 5.97 Å². The Hall–Kier alpha value is -1.52. The van der Waals surface area contributed by atoms with Crippen LogP contribution in [0.4, 0.5) is 13.2 Å². The maximum absolute atomic E-state index is 13.1. The van der Waals surface area contributed by atoms with E-state index < -0.39 is 23.4 Å². The second-order valence-electron chi connectivity index (χ2n) is 6.34. The molecule has 1 aliphatic rings. The summed E-state index contributed by atoms with van der Waals surface area (Å²) in [6.45, 7) is 2.17. The summed E-state index contributed by atoms with van der Waals surface area (Å²) in [6, 6.07) is 1.40. The van der Waals surface area contributed by atoms with Gasteiger partial charge in [-0.3, -0.25) is 4.79 Å². The number of hydrogen-bond donors (Lipinski definition) is 0. The lowest BCUT2D eigenvalue weighted by molar-refractivity contribution is -0.140. The predicted molar refractivity (Wildman–Crippen MR) is 81.5 cm³/mol. The van der Waals surface area contributed by atoms with Crippen LogP contribution in [0.5, 0.6) is 5.75 Å². The second-order valence-corrected chi connectivity index (χ2v) is 6.34. The molecule has 128 valence electrons. The van der Waals surface area contributed by atoms with Crippen LogP contribution in [0.15, 0.2) is 12.1 Å². The average molecular weight is 328 g/mol. The van der Waals surface area contributed by atoms with Crippen molar-refractivity contribution in [2.24, 2.45) is 11.8 Å². The number of carbonyl (C=O) groups is 1. The van der Waals surface area contributed by atoms with Gasteiger partial charge in [-0.25, -0.2) is 13.2 Å². The van der Waals surface area contributed by atoms with Crippen molar-refractivity contribution < 1.29 is 22.7 Å². The fourth-order valence-electron chi connectivity index (χ4n) is 3.16. The lowest BCUT2D eigenvalue weighted by Gasteiger charge is -2.27. The molecule has 1 saturated carbocycles. The first kappa shape index (κ1) is 17.8. The number of carbonyl (C=O) groups excluding carboxylic acids is 1. The zero-order chi connectivity index (χ0) is 16.8. The van der Waals surface area contributed by atoms with Crippen molar-refractivity contribution in [1.29, 1.82) is 0 Å². The van der Waals surface area contributed by atoms with Crippen LogP contribution in [0.1, 0.15) is 58.3 Å². The summed E-state index contributed by atoms with van der Waals surface area (Å²) in [7, 11) is 0. The molecule has 1 aromatic rings. The number of esters is 1. The molecule has 1 fully saturated rings. The number of benzene rings is 1. The summed E-state index contributed by atoms with van der Waals surface area (Å²) in [5.74, 6) is -4.61. The van der Waals surface area contributed by atoms with E-state index in [1.165, 1.54) is 25.7 Å².